The molecule has 3 amide bonds. The number of hydrogen-bond donors (Lipinski definition) is 3. The third kappa shape index (κ3) is 9.48. The van der Waals surface area contributed by atoms with Crippen molar-refractivity contribution in [2.24, 2.45) is 5.73 Å². The predicted molar refractivity (Wildman–Crippen MR) is 174 cm³/mol. The lowest BCUT2D eigenvalue weighted by Crippen LogP contribution is -2.56. The van der Waals surface area contributed by atoms with Crippen LogP contribution in [0.3, 0.4) is 0 Å². The summed E-state index contributed by atoms with van der Waals surface area (Å²) in [5, 5.41) is 5.40. The Labute approximate surface area is 270 Å². The summed E-state index contributed by atoms with van der Waals surface area (Å²) < 4.78 is 12.7. The SMILES string of the molecule is C.CCOC(=O)[C@H]1CCCCN1C(=O)C(c1ccccc1)n1cnc(NC(=O)[C@@H](COCc2ccccc2)NC(=O)C(C)(C)N)c1. The Morgan fingerprint density at radius 3 is 2.37 bits per heavy atom. The number of ether oxygens (including phenoxy) is 2. The number of imidazole rings is 1. The van der Waals surface area contributed by atoms with Crippen molar-refractivity contribution < 1.29 is 28.7 Å². The molecule has 12 nitrogen and oxygen atoms in total. The van der Waals surface area contributed by atoms with Crippen LogP contribution in [0, 0.1) is 0 Å². The molecule has 4 rings (SSSR count). The molecule has 1 fully saturated rings. The highest BCUT2D eigenvalue weighted by atomic mass is 16.5. The number of nitrogens with two attached hydrogens (primary N) is 1. The zero-order valence-corrected chi connectivity index (χ0v) is 26.0. The van der Waals surface area contributed by atoms with E-state index in [1.54, 1.807) is 36.4 Å². The van der Waals surface area contributed by atoms with E-state index in [9.17, 15) is 19.2 Å². The Bertz CT molecular complexity index is 1440. The van der Waals surface area contributed by atoms with Gasteiger partial charge in [-0.15, -0.1) is 0 Å². The van der Waals surface area contributed by atoms with Crippen LogP contribution in [0.4, 0.5) is 5.82 Å². The lowest BCUT2D eigenvalue weighted by atomic mass is 9.98. The van der Waals surface area contributed by atoms with Crippen LogP contribution in [0.5, 0.6) is 0 Å². The number of amides is 3. The number of nitrogens with zero attached hydrogens (tertiary/aromatic N) is 3. The molecular formula is C34H46N6O6. The molecule has 0 radical (unpaired) electrons. The van der Waals surface area contributed by atoms with Gasteiger partial charge in [-0.1, -0.05) is 68.1 Å². The number of piperidine rings is 1. The Hall–Kier alpha value is -4.55. The molecule has 46 heavy (non-hydrogen) atoms. The maximum absolute atomic E-state index is 14.1. The Morgan fingerprint density at radius 2 is 1.72 bits per heavy atom. The first-order valence-corrected chi connectivity index (χ1v) is 15.2. The van der Waals surface area contributed by atoms with Crippen molar-refractivity contribution in [3.8, 4) is 0 Å². The van der Waals surface area contributed by atoms with E-state index in [1.807, 2.05) is 60.7 Å². The van der Waals surface area contributed by atoms with E-state index in [1.165, 1.54) is 6.33 Å². The highest BCUT2D eigenvalue weighted by Gasteiger charge is 2.38. The largest absolute Gasteiger partial charge is 0.464 e. The summed E-state index contributed by atoms with van der Waals surface area (Å²) in [6.07, 6.45) is 5.12. The average Bonchev–Trinajstić information content (AvgIpc) is 3.48. The first kappa shape index (κ1) is 35.9. The fraction of sp³-hybridized carbons (Fsp3) is 0.441. The number of nitrogens with one attached hydrogen (secondary N) is 2. The summed E-state index contributed by atoms with van der Waals surface area (Å²) >= 11 is 0. The van der Waals surface area contributed by atoms with Crippen molar-refractivity contribution in [2.75, 3.05) is 25.1 Å². The molecule has 2 aromatic carbocycles. The van der Waals surface area contributed by atoms with E-state index < -0.39 is 41.4 Å². The van der Waals surface area contributed by atoms with Crippen LogP contribution < -0.4 is 16.4 Å². The van der Waals surface area contributed by atoms with E-state index in [-0.39, 0.29) is 39.0 Å². The lowest BCUT2D eigenvalue weighted by Gasteiger charge is -2.36. The number of rotatable bonds is 13. The van der Waals surface area contributed by atoms with E-state index in [2.05, 4.69) is 15.6 Å². The number of carbonyl (C=O) groups is 4. The van der Waals surface area contributed by atoms with E-state index in [0.29, 0.717) is 18.5 Å². The van der Waals surface area contributed by atoms with Gasteiger partial charge in [0.1, 0.15) is 18.1 Å². The Morgan fingerprint density at radius 1 is 1.04 bits per heavy atom. The van der Waals surface area contributed by atoms with Gasteiger partial charge in [-0.05, 0) is 51.2 Å². The van der Waals surface area contributed by atoms with Gasteiger partial charge in [0.05, 0.1) is 31.7 Å². The Balaban J connectivity index is 0.00000576. The number of likely N-dealkylation sites (tertiary alicyclic amines) is 1. The van der Waals surface area contributed by atoms with Crippen molar-refractivity contribution in [2.45, 2.75) is 77.7 Å². The van der Waals surface area contributed by atoms with E-state index in [4.69, 9.17) is 15.2 Å². The quantitative estimate of drug-likeness (QED) is 0.241. The van der Waals surface area contributed by atoms with Crippen molar-refractivity contribution in [3.63, 3.8) is 0 Å². The maximum Gasteiger partial charge on any atom is 0.328 e. The minimum atomic E-state index is -1.22. The molecule has 2 heterocycles. The third-order valence-corrected chi connectivity index (χ3v) is 7.45. The number of carbonyl (C=O) groups excluding carboxylic acids is 4. The van der Waals surface area contributed by atoms with Crippen LogP contribution in [0.15, 0.2) is 73.2 Å². The number of aromatic nitrogens is 2. The molecule has 1 saturated heterocycles. The number of hydrogen-bond acceptors (Lipinski definition) is 8. The molecule has 1 aliphatic heterocycles. The third-order valence-electron chi connectivity index (χ3n) is 7.45. The van der Waals surface area contributed by atoms with Crippen molar-refractivity contribution in [1.82, 2.24) is 19.8 Å². The monoisotopic (exact) mass is 634 g/mol. The first-order chi connectivity index (χ1) is 21.6. The minimum Gasteiger partial charge on any atom is -0.464 e. The van der Waals surface area contributed by atoms with Crippen LogP contribution in [0.2, 0.25) is 0 Å². The molecule has 4 N–H and O–H groups in total. The zero-order valence-electron chi connectivity index (χ0n) is 26.0. The molecule has 12 heteroatoms. The number of anilines is 1. The average molecular weight is 635 g/mol. The van der Waals surface area contributed by atoms with Gasteiger partial charge in [0.15, 0.2) is 5.82 Å². The first-order valence-electron chi connectivity index (χ1n) is 15.2. The fourth-order valence-corrected chi connectivity index (χ4v) is 5.07. The molecular weight excluding hydrogens is 588 g/mol. The highest BCUT2D eigenvalue weighted by molar-refractivity contribution is 5.98. The van der Waals surface area contributed by atoms with Crippen LogP contribution in [0.25, 0.3) is 0 Å². The van der Waals surface area contributed by atoms with Crippen molar-refractivity contribution in [3.05, 3.63) is 84.3 Å². The lowest BCUT2D eigenvalue weighted by molar-refractivity contribution is -0.157. The summed E-state index contributed by atoms with van der Waals surface area (Å²) in [6, 6.07) is 16.0. The summed E-state index contributed by atoms with van der Waals surface area (Å²) in [4.78, 5) is 58.9. The van der Waals surface area contributed by atoms with Gasteiger partial charge in [-0.2, -0.15) is 0 Å². The highest BCUT2D eigenvalue weighted by Crippen LogP contribution is 2.27. The summed E-state index contributed by atoms with van der Waals surface area (Å²) in [5.41, 5.74) is 6.34. The second kappa shape index (κ2) is 16.7. The molecule has 1 unspecified atom stereocenters. The zero-order chi connectivity index (χ0) is 32.4. The molecule has 1 aliphatic rings. The normalized spacial score (nSPS) is 16.0. The van der Waals surface area contributed by atoms with Gasteiger partial charge in [0.25, 0.3) is 11.8 Å². The molecule has 3 atom stereocenters. The number of benzene rings is 2. The van der Waals surface area contributed by atoms with Crippen LogP contribution in [0.1, 0.15) is 64.6 Å². The predicted octanol–water partition coefficient (Wildman–Crippen LogP) is 3.43. The van der Waals surface area contributed by atoms with E-state index in [0.717, 1.165) is 18.4 Å². The molecule has 0 spiro atoms. The van der Waals surface area contributed by atoms with Gasteiger partial charge in [-0.25, -0.2) is 9.78 Å². The van der Waals surface area contributed by atoms with E-state index >= 15 is 0 Å². The van der Waals surface area contributed by atoms with Gasteiger partial charge in [0.2, 0.25) is 5.91 Å². The van der Waals surface area contributed by atoms with Crippen LogP contribution >= 0.6 is 0 Å². The topological polar surface area (TPSA) is 158 Å². The van der Waals surface area contributed by atoms with Gasteiger partial charge in [0, 0.05) is 12.7 Å². The second-order valence-corrected chi connectivity index (χ2v) is 11.6. The molecule has 0 saturated carbocycles. The smallest absolute Gasteiger partial charge is 0.328 e. The maximum atomic E-state index is 14.1. The molecule has 248 valence electrons. The molecule has 1 aromatic heterocycles. The van der Waals surface area contributed by atoms with Crippen LogP contribution in [-0.4, -0.2) is 75.5 Å². The van der Waals surface area contributed by atoms with Gasteiger partial charge in [-0.3, -0.25) is 14.4 Å². The van der Waals surface area contributed by atoms with Crippen LogP contribution in [-0.2, 0) is 35.3 Å². The fourth-order valence-electron chi connectivity index (χ4n) is 5.07. The molecule has 0 aliphatic carbocycles. The van der Waals surface area contributed by atoms with Crippen molar-refractivity contribution in [1.29, 1.82) is 0 Å². The number of esters is 1. The van der Waals surface area contributed by atoms with Gasteiger partial charge < -0.3 is 35.3 Å². The molecule has 3 aromatic rings. The summed E-state index contributed by atoms with van der Waals surface area (Å²) in [6.45, 7) is 5.60. The summed E-state index contributed by atoms with van der Waals surface area (Å²) in [5.74, 6) is -1.61. The van der Waals surface area contributed by atoms with Gasteiger partial charge >= 0.3 is 5.97 Å². The second-order valence-electron chi connectivity index (χ2n) is 11.6. The summed E-state index contributed by atoms with van der Waals surface area (Å²) in [7, 11) is 0. The van der Waals surface area contributed by atoms with Crippen molar-refractivity contribution >= 4 is 29.5 Å². The molecule has 0 bridgehead atoms. The minimum absolute atomic E-state index is 0. The Kier molecular flexibility index (Phi) is 13.0. The standard InChI is InChI=1S/C33H42N6O6.CH4/c1-4-45-31(42)26-17-11-12-18-39(26)30(41)28(24-15-9-6-10-16-24)38-19-27(35-22-38)37-29(40)25(36-32(43)33(2,3)34)21-44-20-23-13-7-5-8-14-23;/h5-10,13-16,19,22,25-26,28H,4,11-12,17-18,20-21,34H2,1-3H3,(H,36,43)(H,37,40);1H4/t25-,26-,28?;/m1./s1.